The first-order chi connectivity index (χ1) is 14.6. The smallest absolute Gasteiger partial charge is 0.268 e. The fourth-order valence-electron chi connectivity index (χ4n) is 4.38. The average molecular weight is 425 g/mol. The van der Waals surface area contributed by atoms with E-state index in [1.54, 1.807) is 24.4 Å². The highest BCUT2D eigenvalue weighted by Crippen LogP contribution is 2.39. The summed E-state index contributed by atoms with van der Waals surface area (Å²) in [4.78, 5) is 0.197. The summed E-state index contributed by atoms with van der Waals surface area (Å²) < 4.78 is 40.2. The lowest BCUT2D eigenvalue weighted by Crippen LogP contribution is -2.17. The van der Waals surface area contributed by atoms with Gasteiger partial charge in [0.2, 0.25) is 0 Å². The van der Waals surface area contributed by atoms with Crippen LogP contribution in [0.25, 0.3) is 11.3 Å². The molecule has 0 amide bonds. The van der Waals surface area contributed by atoms with Crippen molar-refractivity contribution in [3.8, 4) is 22.8 Å². The van der Waals surface area contributed by atoms with E-state index < -0.39 is 10.0 Å². The maximum absolute atomic E-state index is 13.8. The van der Waals surface area contributed by atoms with Gasteiger partial charge in [0.05, 0.1) is 10.6 Å². The van der Waals surface area contributed by atoms with Gasteiger partial charge in [-0.15, -0.1) is 0 Å². The van der Waals surface area contributed by atoms with E-state index in [1.807, 2.05) is 25.2 Å². The Hall–Kier alpha value is -2.77. The summed E-state index contributed by atoms with van der Waals surface area (Å²) in [5.74, 6) is 1.05. The molecule has 0 saturated carbocycles. The molecule has 2 aliphatic rings. The minimum atomic E-state index is -3.82. The predicted octanol–water partition coefficient (Wildman–Crippen LogP) is 3.37. The number of aromatic nitrogens is 1. The normalized spacial score (nSPS) is 15.2. The number of hydrogen-bond donors (Lipinski definition) is 1. The Morgan fingerprint density at radius 3 is 2.67 bits per heavy atom. The molecule has 30 heavy (non-hydrogen) atoms. The maximum atomic E-state index is 13.8. The molecule has 7 heteroatoms. The maximum Gasteiger partial charge on any atom is 0.268 e. The summed E-state index contributed by atoms with van der Waals surface area (Å²) in [6.07, 6.45) is 4.56. The highest BCUT2D eigenvalue weighted by molar-refractivity contribution is 7.90. The van der Waals surface area contributed by atoms with Crippen molar-refractivity contribution < 1.29 is 17.9 Å². The quantitative estimate of drug-likeness (QED) is 0.695. The SMILES string of the molecule is CNCc1cn(S(=O)(=O)c2ccc3c(c2)OCCO3)c2c1CCCc1ccccc1-2. The van der Waals surface area contributed by atoms with Crippen LogP contribution in [0.2, 0.25) is 0 Å². The van der Waals surface area contributed by atoms with Crippen LogP contribution in [0.1, 0.15) is 23.1 Å². The molecule has 0 unspecified atom stereocenters. The Labute approximate surface area is 176 Å². The van der Waals surface area contributed by atoms with Crippen molar-refractivity contribution in [3.63, 3.8) is 0 Å². The predicted molar refractivity (Wildman–Crippen MR) is 115 cm³/mol. The number of aryl methyl sites for hydroxylation is 1. The molecule has 0 fully saturated rings. The second-order valence-corrected chi connectivity index (χ2v) is 9.44. The molecule has 2 aromatic carbocycles. The number of hydrogen-bond acceptors (Lipinski definition) is 5. The van der Waals surface area contributed by atoms with Gasteiger partial charge in [-0.05, 0) is 55.1 Å². The third kappa shape index (κ3) is 3.09. The Balaban J connectivity index is 1.72. The van der Waals surface area contributed by atoms with E-state index in [-0.39, 0.29) is 4.90 Å². The van der Waals surface area contributed by atoms with Crippen LogP contribution in [-0.4, -0.2) is 32.7 Å². The highest BCUT2D eigenvalue weighted by atomic mass is 32.2. The number of rotatable bonds is 4. The molecule has 1 aliphatic carbocycles. The van der Waals surface area contributed by atoms with Gasteiger partial charge in [-0.2, -0.15) is 0 Å². The van der Waals surface area contributed by atoms with E-state index in [0.717, 1.165) is 41.6 Å². The van der Waals surface area contributed by atoms with Crippen molar-refractivity contribution in [2.45, 2.75) is 30.7 Å². The molecule has 0 saturated heterocycles. The summed E-state index contributed by atoms with van der Waals surface area (Å²) in [5, 5.41) is 3.18. The molecule has 156 valence electrons. The van der Waals surface area contributed by atoms with Gasteiger partial charge in [-0.1, -0.05) is 24.3 Å². The number of nitrogens with one attached hydrogen (secondary N) is 1. The van der Waals surface area contributed by atoms with Gasteiger partial charge in [0, 0.05) is 24.4 Å². The van der Waals surface area contributed by atoms with E-state index in [2.05, 4.69) is 11.4 Å². The standard InChI is InChI=1S/C23H24N2O4S/c1-24-14-17-15-25(23-19-7-3-2-5-16(19)6-4-8-20(17)23)30(26,27)18-9-10-21-22(13-18)29-12-11-28-21/h2-3,5,7,9-10,13,15,24H,4,6,8,11-12,14H2,1H3. The molecule has 1 aromatic heterocycles. The second kappa shape index (κ2) is 7.49. The van der Waals surface area contributed by atoms with Crippen LogP contribution in [0, 0.1) is 0 Å². The Kier molecular flexibility index (Phi) is 4.79. The zero-order valence-corrected chi connectivity index (χ0v) is 17.7. The molecule has 0 bridgehead atoms. The van der Waals surface area contributed by atoms with Crippen LogP contribution in [0.5, 0.6) is 11.5 Å². The van der Waals surface area contributed by atoms with Gasteiger partial charge < -0.3 is 14.8 Å². The number of ether oxygens (including phenoxy) is 2. The molecule has 6 nitrogen and oxygen atoms in total. The van der Waals surface area contributed by atoms with Crippen LogP contribution < -0.4 is 14.8 Å². The van der Waals surface area contributed by atoms with Crippen LogP contribution in [0.3, 0.4) is 0 Å². The number of nitrogens with zero attached hydrogens (tertiary/aromatic N) is 1. The molecular formula is C23H24N2O4S. The first kappa shape index (κ1) is 19.2. The summed E-state index contributed by atoms with van der Waals surface area (Å²) >= 11 is 0. The molecule has 0 radical (unpaired) electrons. The fourth-order valence-corrected chi connectivity index (χ4v) is 5.82. The van der Waals surface area contributed by atoms with E-state index >= 15 is 0 Å². The third-order valence-electron chi connectivity index (χ3n) is 5.75. The molecule has 0 atom stereocenters. The van der Waals surface area contributed by atoms with E-state index in [9.17, 15) is 8.42 Å². The fraction of sp³-hybridized carbons (Fsp3) is 0.304. The van der Waals surface area contributed by atoms with Crippen molar-refractivity contribution in [2.75, 3.05) is 20.3 Å². The minimum absolute atomic E-state index is 0.197. The van der Waals surface area contributed by atoms with Gasteiger partial charge in [-0.3, -0.25) is 0 Å². The lowest BCUT2D eigenvalue weighted by Gasteiger charge is -2.19. The lowest BCUT2D eigenvalue weighted by atomic mass is 10.0. The van der Waals surface area contributed by atoms with Crippen molar-refractivity contribution in [2.24, 2.45) is 0 Å². The Bertz CT molecular complexity index is 1210. The third-order valence-corrected chi connectivity index (χ3v) is 7.41. The van der Waals surface area contributed by atoms with E-state index in [4.69, 9.17) is 9.47 Å². The van der Waals surface area contributed by atoms with E-state index in [1.165, 1.54) is 9.54 Å². The van der Waals surface area contributed by atoms with Gasteiger partial charge in [0.1, 0.15) is 13.2 Å². The van der Waals surface area contributed by atoms with Gasteiger partial charge in [0.15, 0.2) is 11.5 Å². The lowest BCUT2D eigenvalue weighted by molar-refractivity contribution is 0.171. The van der Waals surface area contributed by atoms with Gasteiger partial charge in [0.25, 0.3) is 10.0 Å². The van der Waals surface area contributed by atoms with Crippen molar-refractivity contribution in [1.29, 1.82) is 0 Å². The molecule has 5 rings (SSSR count). The summed E-state index contributed by atoms with van der Waals surface area (Å²) in [5.41, 5.74) is 5.08. The van der Waals surface area contributed by atoms with Crippen molar-refractivity contribution in [1.82, 2.24) is 9.29 Å². The molecule has 2 heterocycles. The number of benzene rings is 2. The summed E-state index contributed by atoms with van der Waals surface area (Å²) in [6, 6.07) is 12.9. The Morgan fingerprint density at radius 2 is 1.83 bits per heavy atom. The molecule has 0 spiro atoms. The zero-order chi connectivity index (χ0) is 20.7. The molecule has 1 aliphatic heterocycles. The first-order valence-corrected chi connectivity index (χ1v) is 11.6. The molecule has 1 N–H and O–H groups in total. The van der Waals surface area contributed by atoms with Crippen molar-refractivity contribution in [3.05, 3.63) is 65.4 Å². The second-order valence-electron chi connectivity index (χ2n) is 7.63. The average Bonchev–Trinajstić information content (AvgIpc) is 3.01. The highest BCUT2D eigenvalue weighted by Gasteiger charge is 2.29. The van der Waals surface area contributed by atoms with Crippen LogP contribution in [0.15, 0.2) is 53.6 Å². The summed E-state index contributed by atoms with van der Waals surface area (Å²) in [7, 11) is -1.94. The van der Waals surface area contributed by atoms with Gasteiger partial charge >= 0.3 is 0 Å². The first-order valence-electron chi connectivity index (χ1n) is 10.2. The number of fused-ring (bicyclic) bond motifs is 4. The largest absolute Gasteiger partial charge is 0.486 e. The molecular weight excluding hydrogens is 400 g/mol. The van der Waals surface area contributed by atoms with Crippen LogP contribution >= 0.6 is 0 Å². The molecule has 3 aromatic rings. The summed E-state index contributed by atoms with van der Waals surface area (Å²) in [6.45, 7) is 1.50. The monoisotopic (exact) mass is 424 g/mol. The zero-order valence-electron chi connectivity index (χ0n) is 16.8. The Morgan fingerprint density at radius 1 is 1.03 bits per heavy atom. The minimum Gasteiger partial charge on any atom is -0.486 e. The van der Waals surface area contributed by atoms with E-state index in [0.29, 0.717) is 31.3 Å². The van der Waals surface area contributed by atoms with Crippen molar-refractivity contribution >= 4 is 10.0 Å². The van der Waals surface area contributed by atoms with Crippen LogP contribution in [0.4, 0.5) is 0 Å². The van der Waals surface area contributed by atoms with Crippen LogP contribution in [-0.2, 0) is 29.4 Å². The van der Waals surface area contributed by atoms with Gasteiger partial charge in [-0.25, -0.2) is 12.4 Å². The topological polar surface area (TPSA) is 69.6 Å².